The summed E-state index contributed by atoms with van der Waals surface area (Å²) in [6, 6.07) is 14.7. The third-order valence-electron chi connectivity index (χ3n) is 4.97. The first kappa shape index (κ1) is 21.6. The van der Waals surface area contributed by atoms with Crippen LogP contribution in [0.1, 0.15) is 32.9 Å². The van der Waals surface area contributed by atoms with Crippen LogP contribution in [0.15, 0.2) is 48.5 Å². The second-order valence-corrected chi connectivity index (χ2v) is 7.57. The number of aromatic nitrogens is 2. The van der Waals surface area contributed by atoms with E-state index in [1.54, 1.807) is 40.9 Å². The number of nitrogens with zero attached hydrogens (tertiary/aromatic N) is 3. The van der Waals surface area contributed by atoms with E-state index in [2.05, 4.69) is 5.10 Å². The molecule has 0 saturated heterocycles. The van der Waals surface area contributed by atoms with Crippen LogP contribution in [0, 0.1) is 20.8 Å². The quantitative estimate of drug-likeness (QED) is 0.553. The van der Waals surface area contributed by atoms with Gasteiger partial charge >= 0.3 is 5.97 Å². The summed E-state index contributed by atoms with van der Waals surface area (Å²) in [5.41, 5.74) is 4.88. The molecule has 0 fully saturated rings. The minimum Gasteiger partial charge on any atom is -0.452 e. The molecule has 0 saturated carbocycles. The summed E-state index contributed by atoms with van der Waals surface area (Å²) in [4.78, 5) is 26.2. The summed E-state index contributed by atoms with van der Waals surface area (Å²) in [5, 5.41) is 5.01. The lowest BCUT2D eigenvalue weighted by molar-refractivity contribution is -0.133. The van der Waals surface area contributed by atoms with E-state index >= 15 is 0 Å². The Morgan fingerprint density at radius 1 is 1.07 bits per heavy atom. The molecule has 0 bridgehead atoms. The van der Waals surface area contributed by atoms with Gasteiger partial charge in [-0.2, -0.15) is 5.10 Å². The molecule has 1 amide bonds. The Bertz CT molecular complexity index is 1070. The molecule has 0 spiro atoms. The fraction of sp³-hybridized carbons (Fsp3) is 0.261. The van der Waals surface area contributed by atoms with E-state index in [1.807, 2.05) is 45.0 Å². The summed E-state index contributed by atoms with van der Waals surface area (Å²) in [6.45, 7) is 5.87. The van der Waals surface area contributed by atoms with E-state index in [1.165, 1.54) is 0 Å². The zero-order valence-electron chi connectivity index (χ0n) is 17.5. The Labute approximate surface area is 181 Å². The van der Waals surface area contributed by atoms with Crippen LogP contribution in [0.2, 0.25) is 5.02 Å². The van der Waals surface area contributed by atoms with E-state index in [4.69, 9.17) is 16.3 Å². The minimum absolute atomic E-state index is 0.263. The van der Waals surface area contributed by atoms with Gasteiger partial charge in [0.1, 0.15) is 0 Å². The predicted octanol–water partition coefficient (Wildman–Crippen LogP) is 4.27. The van der Waals surface area contributed by atoms with E-state index in [0.29, 0.717) is 17.1 Å². The van der Waals surface area contributed by atoms with Gasteiger partial charge in [0.05, 0.1) is 27.7 Å². The van der Waals surface area contributed by atoms with E-state index in [9.17, 15) is 9.59 Å². The van der Waals surface area contributed by atoms with Crippen molar-refractivity contribution in [2.75, 3.05) is 13.7 Å². The summed E-state index contributed by atoms with van der Waals surface area (Å²) in [6.07, 6.45) is 0. The normalized spacial score (nSPS) is 10.7. The fourth-order valence-electron chi connectivity index (χ4n) is 3.07. The van der Waals surface area contributed by atoms with Crippen LogP contribution in [0.4, 0.5) is 0 Å². The molecular formula is C23H24ClN3O3. The molecule has 0 atom stereocenters. The van der Waals surface area contributed by atoms with Crippen molar-refractivity contribution in [3.63, 3.8) is 0 Å². The smallest absolute Gasteiger partial charge is 0.338 e. The Balaban J connectivity index is 1.58. The molecule has 1 heterocycles. The van der Waals surface area contributed by atoms with Gasteiger partial charge < -0.3 is 9.64 Å². The topological polar surface area (TPSA) is 64.4 Å². The monoisotopic (exact) mass is 425 g/mol. The number of hydrogen-bond donors (Lipinski definition) is 0. The summed E-state index contributed by atoms with van der Waals surface area (Å²) >= 11 is 6.19. The number of ether oxygens (including phenoxy) is 1. The first-order valence-electron chi connectivity index (χ1n) is 9.55. The number of hydrogen-bond acceptors (Lipinski definition) is 4. The van der Waals surface area contributed by atoms with Gasteiger partial charge in [0.2, 0.25) is 0 Å². The van der Waals surface area contributed by atoms with Gasteiger partial charge in [-0.05, 0) is 56.2 Å². The lowest BCUT2D eigenvalue weighted by Gasteiger charge is -2.18. The van der Waals surface area contributed by atoms with Gasteiger partial charge in [-0.15, -0.1) is 0 Å². The highest BCUT2D eigenvalue weighted by Gasteiger charge is 2.15. The third kappa shape index (κ3) is 4.71. The van der Waals surface area contributed by atoms with Crippen molar-refractivity contribution in [3.05, 3.63) is 81.6 Å². The molecular weight excluding hydrogens is 402 g/mol. The highest BCUT2D eigenvalue weighted by atomic mass is 35.5. The molecule has 0 aliphatic carbocycles. The summed E-state index contributed by atoms with van der Waals surface area (Å²) < 4.78 is 6.92. The average molecular weight is 426 g/mol. The molecule has 1 aromatic heterocycles. The van der Waals surface area contributed by atoms with Crippen LogP contribution >= 0.6 is 11.6 Å². The Morgan fingerprint density at radius 2 is 1.73 bits per heavy atom. The number of aryl methyl sites for hydroxylation is 2. The number of rotatable bonds is 6. The fourth-order valence-corrected chi connectivity index (χ4v) is 3.18. The maximum atomic E-state index is 12.3. The highest BCUT2D eigenvalue weighted by molar-refractivity contribution is 6.31. The number of halogens is 1. The number of carbonyl (C=O) groups is 2. The van der Waals surface area contributed by atoms with Crippen LogP contribution in [0.5, 0.6) is 0 Å². The number of carbonyl (C=O) groups excluding carboxylic acids is 2. The first-order chi connectivity index (χ1) is 14.3. The van der Waals surface area contributed by atoms with Gasteiger partial charge in [-0.25, -0.2) is 9.48 Å². The van der Waals surface area contributed by atoms with Crippen LogP contribution in [-0.4, -0.2) is 40.2 Å². The van der Waals surface area contributed by atoms with Gasteiger partial charge in [0, 0.05) is 13.6 Å². The molecule has 0 unspecified atom stereocenters. The molecule has 0 radical (unpaired) electrons. The maximum Gasteiger partial charge on any atom is 0.338 e. The molecule has 2 aromatic carbocycles. The lowest BCUT2D eigenvalue weighted by atomic mass is 10.1. The second kappa shape index (κ2) is 9.13. The van der Waals surface area contributed by atoms with E-state index < -0.39 is 5.97 Å². The largest absolute Gasteiger partial charge is 0.452 e. The zero-order chi connectivity index (χ0) is 21.8. The summed E-state index contributed by atoms with van der Waals surface area (Å²) in [5.74, 6) is -0.814. The molecule has 0 aliphatic heterocycles. The van der Waals surface area contributed by atoms with Crippen molar-refractivity contribution in [1.29, 1.82) is 0 Å². The number of benzene rings is 2. The molecule has 6 nitrogen and oxygen atoms in total. The van der Waals surface area contributed by atoms with Gasteiger partial charge in [0.25, 0.3) is 5.91 Å². The van der Waals surface area contributed by atoms with Crippen LogP contribution < -0.4 is 0 Å². The summed E-state index contributed by atoms with van der Waals surface area (Å²) in [7, 11) is 1.69. The second-order valence-electron chi connectivity index (χ2n) is 7.20. The molecule has 30 heavy (non-hydrogen) atoms. The lowest BCUT2D eigenvalue weighted by Crippen LogP contribution is -2.31. The molecule has 3 rings (SSSR count). The number of esters is 1. The van der Waals surface area contributed by atoms with Gasteiger partial charge in [-0.3, -0.25) is 4.79 Å². The van der Waals surface area contributed by atoms with Crippen molar-refractivity contribution in [1.82, 2.24) is 14.7 Å². The Morgan fingerprint density at radius 3 is 2.33 bits per heavy atom. The van der Waals surface area contributed by atoms with Crippen molar-refractivity contribution in [2.24, 2.45) is 0 Å². The highest BCUT2D eigenvalue weighted by Crippen LogP contribution is 2.22. The first-order valence-corrected chi connectivity index (χ1v) is 9.93. The van der Waals surface area contributed by atoms with Crippen LogP contribution in [0.25, 0.3) is 5.69 Å². The van der Waals surface area contributed by atoms with Crippen LogP contribution in [-0.2, 0) is 16.1 Å². The predicted molar refractivity (Wildman–Crippen MR) is 116 cm³/mol. The van der Waals surface area contributed by atoms with E-state index in [-0.39, 0.29) is 12.5 Å². The molecule has 156 valence electrons. The SMILES string of the molecule is Cc1ccccc1CN(C)C(=O)COC(=O)c1ccc(-n2nc(C)c(Cl)c2C)cc1. The number of amides is 1. The van der Waals surface area contributed by atoms with Gasteiger partial charge in [-0.1, -0.05) is 35.9 Å². The van der Waals surface area contributed by atoms with Crippen molar-refractivity contribution in [3.8, 4) is 5.69 Å². The zero-order valence-corrected chi connectivity index (χ0v) is 18.2. The Hall–Kier alpha value is -3.12. The molecule has 3 aromatic rings. The minimum atomic E-state index is -0.550. The van der Waals surface area contributed by atoms with Crippen molar-refractivity contribution < 1.29 is 14.3 Å². The molecule has 0 N–H and O–H groups in total. The van der Waals surface area contributed by atoms with Crippen molar-refractivity contribution in [2.45, 2.75) is 27.3 Å². The van der Waals surface area contributed by atoms with Gasteiger partial charge in [0.15, 0.2) is 6.61 Å². The third-order valence-corrected chi connectivity index (χ3v) is 5.52. The average Bonchev–Trinajstić information content (AvgIpc) is 3.00. The van der Waals surface area contributed by atoms with Crippen molar-refractivity contribution >= 4 is 23.5 Å². The standard InChI is InChI=1S/C23H24ClN3O3/c1-15-7-5-6-8-19(15)13-26(4)21(28)14-30-23(29)18-9-11-20(12-10-18)27-17(3)22(24)16(2)25-27/h5-12H,13-14H2,1-4H3. The maximum absolute atomic E-state index is 12.3. The molecule has 0 aliphatic rings. The van der Waals surface area contributed by atoms with E-state index in [0.717, 1.165) is 28.2 Å². The van der Waals surface area contributed by atoms with Crippen LogP contribution in [0.3, 0.4) is 0 Å². The number of likely N-dealkylation sites (N-methyl/N-ethyl adjacent to an activating group) is 1. The Kier molecular flexibility index (Phi) is 6.57. The molecule has 7 heteroatoms.